The molecule has 1 saturated heterocycles. The maximum atomic E-state index is 12.4. The topological polar surface area (TPSA) is 66.6 Å². The number of nitrogen functional groups attached to an aromatic ring is 1. The molecule has 150 valence electrons. The summed E-state index contributed by atoms with van der Waals surface area (Å²) in [4.78, 5) is 28.6. The lowest BCUT2D eigenvalue weighted by atomic mass is 10.1. The van der Waals surface area contributed by atoms with Crippen LogP contribution in [-0.4, -0.2) is 47.8 Å². The average molecular weight is 402 g/mol. The minimum absolute atomic E-state index is 0. The Labute approximate surface area is 172 Å². The van der Waals surface area contributed by atoms with Gasteiger partial charge < -0.3 is 15.5 Å². The molecule has 5 nitrogen and oxygen atoms in total. The number of piperazine rings is 1. The molecular formula is C22H28ClN3O2. The van der Waals surface area contributed by atoms with E-state index in [4.69, 9.17) is 5.73 Å². The second-order valence-corrected chi connectivity index (χ2v) is 7.02. The van der Waals surface area contributed by atoms with Crippen molar-refractivity contribution in [2.45, 2.75) is 25.7 Å². The van der Waals surface area contributed by atoms with Gasteiger partial charge in [0.25, 0.3) is 0 Å². The first-order chi connectivity index (χ1) is 13.1. The molecule has 3 rings (SSSR count). The van der Waals surface area contributed by atoms with Gasteiger partial charge in [-0.05, 0) is 36.1 Å². The molecule has 0 spiro atoms. The molecule has 0 unspecified atom stereocenters. The molecule has 2 aromatic carbocycles. The maximum Gasteiger partial charge on any atom is 0.227 e. The number of carbonyl (C=O) groups is 2. The zero-order valence-electron chi connectivity index (χ0n) is 16.0. The predicted molar refractivity (Wildman–Crippen MR) is 114 cm³/mol. The first-order valence-corrected chi connectivity index (χ1v) is 9.56. The number of carbonyl (C=O) groups excluding carboxylic acids is 2. The van der Waals surface area contributed by atoms with Crippen molar-refractivity contribution in [3.63, 3.8) is 0 Å². The molecule has 6 heteroatoms. The van der Waals surface area contributed by atoms with Crippen molar-refractivity contribution < 1.29 is 9.59 Å². The van der Waals surface area contributed by atoms with E-state index in [-0.39, 0.29) is 24.2 Å². The maximum absolute atomic E-state index is 12.4. The highest BCUT2D eigenvalue weighted by atomic mass is 35.5. The van der Waals surface area contributed by atoms with Crippen molar-refractivity contribution in [1.82, 2.24) is 9.80 Å². The van der Waals surface area contributed by atoms with Crippen LogP contribution in [0.5, 0.6) is 0 Å². The SMILES string of the molecule is Cl.Nc1ccc(CC(=O)N2CCN(C(=O)CCCc3ccccc3)CC2)cc1. The third-order valence-corrected chi connectivity index (χ3v) is 5.02. The summed E-state index contributed by atoms with van der Waals surface area (Å²) in [5.41, 5.74) is 8.61. The summed E-state index contributed by atoms with van der Waals surface area (Å²) in [5.74, 6) is 0.299. The second-order valence-electron chi connectivity index (χ2n) is 7.02. The van der Waals surface area contributed by atoms with E-state index in [1.807, 2.05) is 52.3 Å². The molecule has 0 atom stereocenters. The summed E-state index contributed by atoms with van der Waals surface area (Å²) < 4.78 is 0. The van der Waals surface area contributed by atoms with Gasteiger partial charge in [0.1, 0.15) is 0 Å². The Balaban J connectivity index is 0.00000280. The standard InChI is InChI=1S/C22H27N3O2.ClH/c23-20-11-9-19(10-12-20)17-22(27)25-15-13-24(14-16-25)21(26)8-4-7-18-5-2-1-3-6-18;/h1-3,5-6,9-12H,4,7-8,13-17,23H2;1H. The lowest BCUT2D eigenvalue weighted by molar-refractivity contribution is -0.139. The van der Waals surface area contributed by atoms with Gasteiger partial charge in [0.2, 0.25) is 11.8 Å². The molecule has 1 fully saturated rings. The van der Waals surface area contributed by atoms with Crippen LogP contribution in [0.2, 0.25) is 0 Å². The monoisotopic (exact) mass is 401 g/mol. The number of hydrogen-bond acceptors (Lipinski definition) is 3. The van der Waals surface area contributed by atoms with E-state index in [9.17, 15) is 9.59 Å². The quantitative estimate of drug-likeness (QED) is 0.757. The Morgan fingerprint density at radius 2 is 1.36 bits per heavy atom. The number of amides is 2. The number of nitrogens with two attached hydrogens (primary N) is 1. The highest BCUT2D eigenvalue weighted by molar-refractivity contribution is 5.85. The van der Waals surface area contributed by atoms with Crippen molar-refractivity contribution in [1.29, 1.82) is 0 Å². The van der Waals surface area contributed by atoms with Crippen LogP contribution in [0.4, 0.5) is 5.69 Å². The van der Waals surface area contributed by atoms with Crippen molar-refractivity contribution in [3.8, 4) is 0 Å². The van der Waals surface area contributed by atoms with Gasteiger partial charge in [-0.3, -0.25) is 9.59 Å². The minimum atomic E-state index is 0. The summed E-state index contributed by atoms with van der Waals surface area (Å²) in [6, 6.07) is 17.6. The van der Waals surface area contributed by atoms with E-state index in [1.165, 1.54) is 5.56 Å². The fraction of sp³-hybridized carbons (Fsp3) is 0.364. The second kappa shape index (κ2) is 10.7. The van der Waals surface area contributed by atoms with Gasteiger partial charge in [-0.15, -0.1) is 12.4 Å². The normalized spacial score (nSPS) is 13.7. The third kappa shape index (κ3) is 6.27. The lowest BCUT2D eigenvalue weighted by Crippen LogP contribution is -2.51. The Morgan fingerprint density at radius 3 is 1.96 bits per heavy atom. The molecule has 0 radical (unpaired) electrons. The van der Waals surface area contributed by atoms with Crippen LogP contribution in [0, 0.1) is 0 Å². The number of halogens is 1. The van der Waals surface area contributed by atoms with Crippen LogP contribution in [-0.2, 0) is 22.4 Å². The van der Waals surface area contributed by atoms with Crippen molar-refractivity contribution in [2.75, 3.05) is 31.9 Å². The molecule has 2 N–H and O–H groups in total. The van der Waals surface area contributed by atoms with Gasteiger partial charge in [0.05, 0.1) is 6.42 Å². The van der Waals surface area contributed by atoms with Crippen LogP contribution in [0.15, 0.2) is 54.6 Å². The highest BCUT2D eigenvalue weighted by Crippen LogP contribution is 2.11. The highest BCUT2D eigenvalue weighted by Gasteiger charge is 2.23. The van der Waals surface area contributed by atoms with E-state index in [0.717, 1.165) is 18.4 Å². The van der Waals surface area contributed by atoms with Crippen LogP contribution in [0.1, 0.15) is 24.0 Å². The number of nitrogens with zero attached hydrogens (tertiary/aromatic N) is 2. The number of rotatable bonds is 6. The number of benzene rings is 2. The summed E-state index contributed by atoms with van der Waals surface area (Å²) in [6.07, 6.45) is 2.73. The van der Waals surface area contributed by atoms with Gasteiger partial charge in [0.15, 0.2) is 0 Å². The Kier molecular flexibility index (Phi) is 8.33. The summed E-state index contributed by atoms with van der Waals surface area (Å²) in [7, 11) is 0. The number of anilines is 1. The van der Waals surface area contributed by atoms with Crippen LogP contribution >= 0.6 is 12.4 Å². The van der Waals surface area contributed by atoms with Crippen LogP contribution < -0.4 is 5.73 Å². The number of hydrogen-bond donors (Lipinski definition) is 1. The van der Waals surface area contributed by atoms with Crippen molar-refractivity contribution >= 4 is 29.9 Å². The summed E-state index contributed by atoms with van der Waals surface area (Å²) >= 11 is 0. The van der Waals surface area contributed by atoms with Crippen molar-refractivity contribution in [3.05, 3.63) is 65.7 Å². The van der Waals surface area contributed by atoms with E-state index in [0.29, 0.717) is 44.7 Å². The molecule has 28 heavy (non-hydrogen) atoms. The van der Waals surface area contributed by atoms with E-state index in [2.05, 4.69) is 12.1 Å². The van der Waals surface area contributed by atoms with E-state index >= 15 is 0 Å². The Morgan fingerprint density at radius 1 is 0.786 bits per heavy atom. The summed E-state index contributed by atoms with van der Waals surface area (Å²) in [6.45, 7) is 2.46. The molecule has 1 aliphatic heterocycles. The molecule has 0 saturated carbocycles. The lowest BCUT2D eigenvalue weighted by Gasteiger charge is -2.35. The van der Waals surface area contributed by atoms with Crippen molar-refractivity contribution in [2.24, 2.45) is 0 Å². The molecule has 2 aromatic rings. The van der Waals surface area contributed by atoms with Gasteiger partial charge in [-0.25, -0.2) is 0 Å². The minimum Gasteiger partial charge on any atom is -0.399 e. The zero-order valence-corrected chi connectivity index (χ0v) is 16.9. The molecule has 0 bridgehead atoms. The average Bonchev–Trinajstić information content (AvgIpc) is 2.70. The molecule has 1 heterocycles. The van der Waals surface area contributed by atoms with Gasteiger partial charge in [-0.2, -0.15) is 0 Å². The summed E-state index contributed by atoms with van der Waals surface area (Å²) in [5, 5.41) is 0. The van der Waals surface area contributed by atoms with Gasteiger partial charge in [0, 0.05) is 38.3 Å². The molecule has 2 amide bonds. The first kappa shape index (κ1) is 21.8. The van der Waals surface area contributed by atoms with Crippen LogP contribution in [0.3, 0.4) is 0 Å². The number of aryl methyl sites for hydroxylation is 1. The third-order valence-electron chi connectivity index (χ3n) is 5.02. The van der Waals surface area contributed by atoms with E-state index < -0.39 is 0 Å². The zero-order chi connectivity index (χ0) is 19.1. The first-order valence-electron chi connectivity index (χ1n) is 9.56. The van der Waals surface area contributed by atoms with E-state index in [1.54, 1.807) is 0 Å². The fourth-order valence-electron chi connectivity index (χ4n) is 3.37. The van der Waals surface area contributed by atoms with Crippen LogP contribution in [0.25, 0.3) is 0 Å². The Bertz CT molecular complexity index is 757. The largest absolute Gasteiger partial charge is 0.399 e. The molecule has 0 aromatic heterocycles. The van der Waals surface area contributed by atoms with Gasteiger partial charge >= 0.3 is 0 Å². The molecule has 1 aliphatic rings. The predicted octanol–water partition coefficient (Wildman–Crippen LogP) is 2.93. The van der Waals surface area contributed by atoms with Gasteiger partial charge in [-0.1, -0.05) is 42.5 Å². The fourth-order valence-corrected chi connectivity index (χ4v) is 3.37. The smallest absolute Gasteiger partial charge is 0.227 e. The molecular weight excluding hydrogens is 374 g/mol. The molecule has 0 aliphatic carbocycles. The Hall–Kier alpha value is -2.53.